The van der Waals surface area contributed by atoms with Gasteiger partial charge < -0.3 is 14.6 Å². The monoisotopic (exact) mass is 273 g/mol. The second-order valence-corrected chi connectivity index (χ2v) is 4.16. The van der Waals surface area contributed by atoms with Gasteiger partial charge in [-0.25, -0.2) is 4.98 Å². The first kappa shape index (κ1) is 14.0. The summed E-state index contributed by atoms with van der Waals surface area (Å²) in [7, 11) is 1.51. The third-order valence-corrected chi connectivity index (χ3v) is 2.77. The fourth-order valence-electron chi connectivity index (χ4n) is 1.74. The van der Waals surface area contributed by atoms with Crippen molar-refractivity contribution in [1.29, 1.82) is 0 Å². The normalized spacial score (nSPS) is 10.2. The van der Waals surface area contributed by atoms with Gasteiger partial charge in [0.2, 0.25) is 5.88 Å². The summed E-state index contributed by atoms with van der Waals surface area (Å²) >= 11 is 0. The Morgan fingerprint density at radius 1 is 1.30 bits per heavy atom. The molecule has 1 aromatic carbocycles. The van der Waals surface area contributed by atoms with E-state index in [4.69, 9.17) is 14.6 Å². The highest BCUT2D eigenvalue weighted by Gasteiger charge is 2.13. The number of benzene rings is 1. The molecule has 1 heterocycles. The molecular weight excluding hydrogens is 258 g/mol. The van der Waals surface area contributed by atoms with E-state index in [1.54, 1.807) is 36.5 Å². The van der Waals surface area contributed by atoms with E-state index in [0.717, 1.165) is 0 Å². The standard InChI is InChI=1S/C15H15NO4/c1-10(18)12-4-3-7-16-15(12)20-13-6-5-11(9-17)8-14(13)19-2/h3-8,17H,9H2,1-2H3. The molecule has 20 heavy (non-hydrogen) atoms. The van der Waals surface area contributed by atoms with Crippen LogP contribution < -0.4 is 9.47 Å². The quantitative estimate of drug-likeness (QED) is 0.848. The van der Waals surface area contributed by atoms with Gasteiger partial charge in [-0.3, -0.25) is 4.79 Å². The van der Waals surface area contributed by atoms with Crippen LogP contribution in [0.1, 0.15) is 22.8 Å². The van der Waals surface area contributed by atoms with E-state index in [0.29, 0.717) is 22.6 Å². The number of aliphatic hydroxyl groups is 1. The number of aromatic nitrogens is 1. The van der Waals surface area contributed by atoms with Crippen molar-refractivity contribution < 1.29 is 19.4 Å². The van der Waals surface area contributed by atoms with Gasteiger partial charge in [-0.05, 0) is 36.8 Å². The Morgan fingerprint density at radius 2 is 2.10 bits per heavy atom. The van der Waals surface area contributed by atoms with Crippen molar-refractivity contribution >= 4 is 5.78 Å². The lowest BCUT2D eigenvalue weighted by Crippen LogP contribution is -2.00. The number of methoxy groups -OCH3 is 1. The number of nitrogens with zero attached hydrogens (tertiary/aromatic N) is 1. The summed E-state index contributed by atoms with van der Waals surface area (Å²) in [5.74, 6) is 1.01. The number of carbonyl (C=O) groups excluding carboxylic acids is 1. The van der Waals surface area contributed by atoms with Crippen LogP contribution in [0, 0.1) is 0 Å². The number of ketones is 1. The van der Waals surface area contributed by atoms with Gasteiger partial charge in [-0.1, -0.05) is 6.07 Å². The van der Waals surface area contributed by atoms with Crippen LogP contribution in [0.2, 0.25) is 0 Å². The van der Waals surface area contributed by atoms with Crippen molar-refractivity contribution in [3.8, 4) is 17.4 Å². The highest BCUT2D eigenvalue weighted by molar-refractivity contribution is 5.96. The lowest BCUT2D eigenvalue weighted by molar-refractivity contribution is 0.101. The van der Waals surface area contributed by atoms with Crippen molar-refractivity contribution in [3.05, 3.63) is 47.7 Å². The minimum absolute atomic E-state index is 0.0844. The van der Waals surface area contributed by atoms with Gasteiger partial charge in [-0.15, -0.1) is 0 Å². The predicted molar refractivity (Wildman–Crippen MR) is 73.2 cm³/mol. The molecule has 0 aliphatic carbocycles. The maximum atomic E-state index is 11.5. The number of hydrogen-bond donors (Lipinski definition) is 1. The van der Waals surface area contributed by atoms with E-state index in [9.17, 15) is 4.79 Å². The summed E-state index contributed by atoms with van der Waals surface area (Å²) < 4.78 is 10.9. The van der Waals surface area contributed by atoms with E-state index in [1.807, 2.05) is 0 Å². The fraction of sp³-hybridized carbons (Fsp3) is 0.200. The van der Waals surface area contributed by atoms with Crippen LogP contribution in [-0.2, 0) is 6.61 Å². The molecule has 0 spiro atoms. The zero-order valence-corrected chi connectivity index (χ0v) is 11.3. The Balaban J connectivity index is 2.37. The SMILES string of the molecule is COc1cc(CO)ccc1Oc1ncccc1C(C)=O. The van der Waals surface area contributed by atoms with E-state index >= 15 is 0 Å². The van der Waals surface area contributed by atoms with E-state index in [1.165, 1.54) is 14.0 Å². The molecule has 2 aromatic rings. The molecule has 0 amide bonds. The topological polar surface area (TPSA) is 68.7 Å². The van der Waals surface area contributed by atoms with Crippen LogP contribution in [0.5, 0.6) is 17.4 Å². The molecule has 2 rings (SSSR count). The number of carbonyl (C=O) groups is 1. The molecule has 0 saturated heterocycles. The van der Waals surface area contributed by atoms with Gasteiger partial charge >= 0.3 is 0 Å². The molecule has 0 radical (unpaired) electrons. The van der Waals surface area contributed by atoms with Gasteiger partial charge in [0, 0.05) is 6.20 Å². The molecule has 0 atom stereocenters. The van der Waals surface area contributed by atoms with Crippen LogP contribution in [0.25, 0.3) is 0 Å². The fourth-order valence-corrected chi connectivity index (χ4v) is 1.74. The number of hydrogen-bond acceptors (Lipinski definition) is 5. The first-order chi connectivity index (χ1) is 9.65. The predicted octanol–water partition coefficient (Wildman–Crippen LogP) is 2.58. The summed E-state index contributed by atoms with van der Waals surface area (Å²) in [6.45, 7) is 1.37. The van der Waals surface area contributed by atoms with Gasteiger partial charge in [0.15, 0.2) is 17.3 Å². The average molecular weight is 273 g/mol. The van der Waals surface area contributed by atoms with Gasteiger partial charge in [0.1, 0.15) is 0 Å². The summed E-state index contributed by atoms with van der Waals surface area (Å²) in [4.78, 5) is 15.6. The molecule has 0 fully saturated rings. The zero-order chi connectivity index (χ0) is 14.5. The van der Waals surface area contributed by atoms with Crippen LogP contribution in [0.15, 0.2) is 36.5 Å². The van der Waals surface area contributed by atoms with Crippen molar-refractivity contribution in [2.24, 2.45) is 0 Å². The number of Topliss-reactive ketones (excluding diaryl/α,β-unsaturated/α-hetero) is 1. The van der Waals surface area contributed by atoms with Crippen LogP contribution in [0.3, 0.4) is 0 Å². The molecular formula is C15H15NO4. The minimum Gasteiger partial charge on any atom is -0.493 e. The number of rotatable bonds is 5. The molecule has 0 aliphatic rings. The lowest BCUT2D eigenvalue weighted by Gasteiger charge is -2.12. The molecule has 0 bridgehead atoms. The lowest BCUT2D eigenvalue weighted by atomic mass is 10.2. The third-order valence-electron chi connectivity index (χ3n) is 2.77. The van der Waals surface area contributed by atoms with Crippen LogP contribution in [-0.4, -0.2) is 23.0 Å². The second kappa shape index (κ2) is 6.16. The molecule has 1 N–H and O–H groups in total. The van der Waals surface area contributed by atoms with E-state index < -0.39 is 0 Å². The molecule has 5 nitrogen and oxygen atoms in total. The zero-order valence-electron chi connectivity index (χ0n) is 11.3. The van der Waals surface area contributed by atoms with E-state index in [-0.39, 0.29) is 18.3 Å². The summed E-state index contributed by atoms with van der Waals surface area (Å²) in [5.41, 5.74) is 1.11. The molecule has 0 unspecified atom stereocenters. The Kier molecular flexibility index (Phi) is 4.32. The summed E-state index contributed by atoms with van der Waals surface area (Å²) in [5, 5.41) is 9.10. The van der Waals surface area contributed by atoms with Crippen LogP contribution in [0.4, 0.5) is 0 Å². The van der Waals surface area contributed by atoms with Crippen molar-refractivity contribution in [3.63, 3.8) is 0 Å². The van der Waals surface area contributed by atoms with Gasteiger partial charge in [-0.2, -0.15) is 0 Å². The Morgan fingerprint density at radius 3 is 2.75 bits per heavy atom. The van der Waals surface area contributed by atoms with Gasteiger partial charge in [0.25, 0.3) is 0 Å². The Bertz CT molecular complexity index is 625. The van der Waals surface area contributed by atoms with E-state index in [2.05, 4.69) is 4.98 Å². The smallest absolute Gasteiger partial charge is 0.230 e. The highest BCUT2D eigenvalue weighted by Crippen LogP contribution is 2.32. The Labute approximate surface area is 116 Å². The third kappa shape index (κ3) is 2.95. The molecule has 0 aliphatic heterocycles. The maximum Gasteiger partial charge on any atom is 0.230 e. The first-order valence-electron chi connectivity index (χ1n) is 6.07. The highest BCUT2D eigenvalue weighted by atomic mass is 16.5. The number of pyridine rings is 1. The summed E-state index contributed by atoms with van der Waals surface area (Å²) in [6.07, 6.45) is 1.55. The Hall–Kier alpha value is -2.40. The molecule has 104 valence electrons. The maximum absolute atomic E-state index is 11.5. The van der Waals surface area contributed by atoms with Crippen molar-refractivity contribution in [2.75, 3.05) is 7.11 Å². The van der Waals surface area contributed by atoms with Crippen molar-refractivity contribution in [1.82, 2.24) is 4.98 Å². The second-order valence-electron chi connectivity index (χ2n) is 4.16. The first-order valence-corrected chi connectivity index (χ1v) is 6.07. The minimum atomic E-state index is -0.126. The number of ether oxygens (including phenoxy) is 2. The largest absolute Gasteiger partial charge is 0.493 e. The van der Waals surface area contributed by atoms with Crippen LogP contribution >= 0.6 is 0 Å². The molecule has 0 saturated carbocycles. The number of aliphatic hydroxyl groups excluding tert-OH is 1. The van der Waals surface area contributed by atoms with Gasteiger partial charge in [0.05, 0.1) is 19.3 Å². The van der Waals surface area contributed by atoms with Crippen molar-refractivity contribution in [2.45, 2.75) is 13.5 Å². The molecule has 1 aromatic heterocycles. The summed E-state index contributed by atoms with van der Waals surface area (Å²) in [6, 6.07) is 8.39. The average Bonchev–Trinajstić information content (AvgIpc) is 2.48. The molecule has 5 heteroatoms.